The van der Waals surface area contributed by atoms with E-state index < -0.39 is 0 Å². The molecule has 0 saturated heterocycles. The lowest BCUT2D eigenvalue weighted by Gasteiger charge is -2.03. The van der Waals surface area contributed by atoms with E-state index in [-0.39, 0.29) is 11.6 Å². The third-order valence-corrected chi connectivity index (χ3v) is 3.47. The molecule has 3 rings (SSSR count). The Kier molecular flexibility index (Phi) is 4.30. The lowest BCUT2D eigenvalue weighted by Crippen LogP contribution is -2.23. The lowest BCUT2D eigenvalue weighted by atomic mass is 10.2. The number of nitrogens with zero attached hydrogens (tertiary/aromatic N) is 1. The smallest absolute Gasteiger partial charge is 0.273 e. The van der Waals surface area contributed by atoms with Crippen LogP contribution in [0.25, 0.3) is 11.5 Å². The van der Waals surface area contributed by atoms with Gasteiger partial charge < -0.3 is 15.5 Å². The summed E-state index contributed by atoms with van der Waals surface area (Å²) in [5.74, 6) is 0.0633. The fraction of sp³-hybridized carbons (Fsp3) is 0.0588. The van der Waals surface area contributed by atoms with Crippen LogP contribution >= 0.6 is 11.6 Å². The van der Waals surface area contributed by atoms with Crippen molar-refractivity contribution < 1.29 is 9.21 Å². The van der Waals surface area contributed by atoms with Crippen molar-refractivity contribution >= 4 is 23.2 Å². The van der Waals surface area contributed by atoms with Crippen LogP contribution in [0.1, 0.15) is 16.1 Å². The van der Waals surface area contributed by atoms with E-state index >= 15 is 0 Å². The highest BCUT2D eigenvalue weighted by atomic mass is 35.5. The summed E-state index contributed by atoms with van der Waals surface area (Å²) in [5, 5.41) is 3.40. The van der Waals surface area contributed by atoms with Gasteiger partial charge in [0.1, 0.15) is 6.26 Å². The minimum absolute atomic E-state index is 0.221. The monoisotopic (exact) mass is 327 g/mol. The number of nitrogen functional groups attached to an aromatic ring is 1. The fourth-order valence-corrected chi connectivity index (χ4v) is 2.27. The minimum Gasteiger partial charge on any atom is -0.444 e. The van der Waals surface area contributed by atoms with Crippen molar-refractivity contribution in [2.45, 2.75) is 6.54 Å². The van der Waals surface area contributed by atoms with Crippen LogP contribution in [0.4, 0.5) is 5.69 Å². The van der Waals surface area contributed by atoms with Gasteiger partial charge in [-0.1, -0.05) is 23.7 Å². The second kappa shape index (κ2) is 6.54. The van der Waals surface area contributed by atoms with Gasteiger partial charge in [-0.2, -0.15) is 0 Å². The zero-order valence-corrected chi connectivity index (χ0v) is 12.9. The van der Waals surface area contributed by atoms with Gasteiger partial charge >= 0.3 is 0 Å². The van der Waals surface area contributed by atoms with Crippen LogP contribution in [0, 0.1) is 0 Å². The van der Waals surface area contributed by atoms with E-state index in [1.807, 2.05) is 12.1 Å². The quantitative estimate of drug-likeness (QED) is 0.718. The molecule has 0 aliphatic rings. The third-order valence-electron chi connectivity index (χ3n) is 3.24. The Morgan fingerprint density at radius 1 is 1.22 bits per heavy atom. The van der Waals surface area contributed by atoms with Gasteiger partial charge in [0.15, 0.2) is 5.69 Å². The molecule has 3 aromatic rings. The topological polar surface area (TPSA) is 81.1 Å². The highest BCUT2D eigenvalue weighted by Gasteiger charge is 2.13. The molecule has 0 fully saturated rings. The second-order valence-corrected chi connectivity index (χ2v) is 5.41. The van der Waals surface area contributed by atoms with E-state index in [9.17, 15) is 4.79 Å². The highest BCUT2D eigenvalue weighted by Crippen LogP contribution is 2.20. The van der Waals surface area contributed by atoms with Crippen molar-refractivity contribution in [1.29, 1.82) is 0 Å². The number of oxazole rings is 1. The molecular formula is C17H14ClN3O2. The molecule has 0 spiro atoms. The molecule has 1 heterocycles. The summed E-state index contributed by atoms with van der Waals surface area (Å²) in [6.07, 6.45) is 1.33. The average Bonchev–Trinajstić information content (AvgIpc) is 3.03. The number of carbonyl (C=O) groups excluding carboxylic acids is 1. The maximum atomic E-state index is 12.1. The molecule has 5 nitrogen and oxygen atoms in total. The van der Waals surface area contributed by atoms with Crippen LogP contribution < -0.4 is 11.1 Å². The van der Waals surface area contributed by atoms with E-state index in [1.54, 1.807) is 36.4 Å². The van der Waals surface area contributed by atoms with Gasteiger partial charge in [0.25, 0.3) is 5.91 Å². The Bertz CT molecular complexity index is 828. The van der Waals surface area contributed by atoms with Gasteiger partial charge in [-0.25, -0.2) is 4.98 Å². The summed E-state index contributed by atoms with van der Waals surface area (Å²) in [4.78, 5) is 16.3. The van der Waals surface area contributed by atoms with Crippen molar-refractivity contribution in [3.8, 4) is 11.5 Å². The van der Waals surface area contributed by atoms with Gasteiger partial charge in [0, 0.05) is 22.8 Å². The van der Waals surface area contributed by atoms with Crippen LogP contribution in [0.5, 0.6) is 0 Å². The Morgan fingerprint density at radius 3 is 2.74 bits per heavy atom. The normalized spacial score (nSPS) is 10.5. The first-order valence-electron chi connectivity index (χ1n) is 6.96. The molecule has 0 aliphatic heterocycles. The zero-order valence-electron chi connectivity index (χ0n) is 12.1. The summed E-state index contributed by atoms with van der Waals surface area (Å²) in [6.45, 7) is 0.365. The molecule has 0 aliphatic carbocycles. The van der Waals surface area contributed by atoms with E-state index in [2.05, 4.69) is 10.3 Å². The fourth-order valence-electron chi connectivity index (χ4n) is 2.06. The first-order chi connectivity index (χ1) is 11.1. The molecule has 0 radical (unpaired) electrons. The van der Waals surface area contributed by atoms with Crippen molar-refractivity contribution in [3.63, 3.8) is 0 Å². The number of hydrogen-bond donors (Lipinski definition) is 2. The summed E-state index contributed by atoms with van der Waals surface area (Å²) in [6, 6.07) is 14.4. The number of rotatable bonds is 4. The highest BCUT2D eigenvalue weighted by molar-refractivity contribution is 6.30. The largest absolute Gasteiger partial charge is 0.444 e. The average molecular weight is 328 g/mol. The predicted molar refractivity (Wildman–Crippen MR) is 89.0 cm³/mol. The Balaban J connectivity index is 1.67. The molecule has 1 aromatic heterocycles. The zero-order chi connectivity index (χ0) is 16.2. The number of carbonyl (C=O) groups is 1. The Labute approximate surface area is 138 Å². The summed E-state index contributed by atoms with van der Waals surface area (Å²) in [7, 11) is 0. The van der Waals surface area contributed by atoms with E-state index in [1.165, 1.54) is 6.26 Å². The minimum atomic E-state index is -0.310. The second-order valence-electron chi connectivity index (χ2n) is 4.97. The SMILES string of the molecule is Nc1ccc(-c2nc(C(=O)NCc3cccc(Cl)c3)co2)cc1. The number of hydrogen-bond acceptors (Lipinski definition) is 4. The maximum Gasteiger partial charge on any atom is 0.273 e. The standard InChI is InChI=1S/C17H14ClN3O2/c18-13-3-1-2-11(8-13)9-20-16(22)15-10-23-17(21-15)12-4-6-14(19)7-5-12/h1-8,10H,9,19H2,(H,20,22). The number of anilines is 1. The lowest BCUT2D eigenvalue weighted by molar-refractivity contribution is 0.0946. The van der Waals surface area contributed by atoms with Crippen LogP contribution in [0.15, 0.2) is 59.2 Å². The van der Waals surface area contributed by atoms with Crippen molar-refractivity contribution in [2.75, 3.05) is 5.73 Å². The molecular weight excluding hydrogens is 314 g/mol. The molecule has 0 bridgehead atoms. The molecule has 0 atom stereocenters. The molecule has 3 N–H and O–H groups in total. The summed E-state index contributed by atoms with van der Waals surface area (Å²) >= 11 is 5.91. The van der Waals surface area contributed by atoms with E-state index in [0.717, 1.165) is 11.1 Å². The molecule has 0 saturated carbocycles. The van der Waals surface area contributed by atoms with Crippen molar-refractivity contribution in [1.82, 2.24) is 10.3 Å². The molecule has 2 aromatic carbocycles. The van der Waals surface area contributed by atoms with E-state index in [4.69, 9.17) is 21.8 Å². The maximum absolute atomic E-state index is 12.1. The summed E-state index contributed by atoms with van der Waals surface area (Å²) < 4.78 is 5.35. The summed E-state index contributed by atoms with van der Waals surface area (Å²) in [5.41, 5.74) is 8.18. The molecule has 0 unspecified atom stereocenters. The molecule has 23 heavy (non-hydrogen) atoms. The van der Waals surface area contributed by atoms with Crippen LogP contribution in [-0.4, -0.2) is 10.9 Å². The number of amides is 1. The third kappa shape index (κ3) is 3.70. The van der Waals surface area contributed by atoms with Gasteiger partial charge in [-0.3, -0.25) is 4.79 Å². The number of nitrogens with one attached hydrogen (secondary N) is 1. The van der Waals surface area contributed by atoms with Crippen molar-refractivity contribution in [2.24, 2.45) is 0 Å². The number of aromatic nitrogens is 1. The van der Waals surface area contributed by atoms with Crippen molar-refractivity contribution in [3.05, 3.63) is 71.1 Å². The van der Waals surface area contributed by atoms with Gasteiger partial charge in [-0.15, -0.1) is 0 Å². The number of nitrogens with two attached hydrogens (primary N) is 1. The van der Waals surface area contributed by atoms with Gasteiger partial charge in [0.2, 0.25) is 5.89 Å². The van der Waals surface area contributed by atoms with Crippen LogP contribution in [0.3, 0.4) is 0 Å². The van der Waals surface area contributed by atoms with Gasteiger partial charge in [-0.05, 0) is 42.0 Å². The van der Waals surface area contributed by atoms with Crippen LogP contribution in [0.2, 0.25) is 5.02 Å². The Morgan fingerprint density at radius 2 is 2.00 bits per heavy atom. The first kappa shape index (κ1) is 15.1. The molecule has 6 heteroatoms. The van der Waals surface area contributed by atoms with E-state index in [0.29, 0.717) is 23.1 Å². The van der Waals surface area contributed by atoms with Gasteiger partial charge in [0.05, 0.1) is 0 Å². The Hall–Kier alpha value is -2.79. The van der Waals surface area contributed by atoms with Crippen LogP contribution in [-0.2, 0) is 6.54 Å². The first-order valence-corrected chi connectivity index (χ1v) is 7.34. The molecule has 1 amide bonds. The number of halogens is 1. The predicted octanol–water partition coefficient (Wildman–Crippen LogP) is 3.51. The number of benzene rings is 2. The molecule has 116 valence electrons.